The summed E-state index contributed by atoms with van der Waals surface area (Å²) in [5.41, 5.74) is -1.16. The summed E-state index contributed by atoms with van der Waals surface area (Å²) in [7, 11) is -3.79. The van der Waals surface area contributed by atoms with Gasteiger partial charge in [-0.15, -0.1) is 0 Å². The van der Waals surface area contributed by atoms with E-state index >= 15 is 0 Å². The van der Waals surface area contributed by atoms with Crippen LogP contribution in [0.5, 0.6) is 0 Å². The quantitative estimate of drug-likeness (QED) is 0.330. The Morgan fingerprint density at radius 2 is 1.78 bits per heavy atom. The van der Waals surface area contributed by atoms with Gasteiger partial charge in [0.25, 0.3) is 5.91 Å². The second-order valence-electron chi connectivity index (χ2n) is 11.3. The van der Waals surface area contributed by atoms with Crippen molar-refractivity contribution in [1.29, 1.82) is 0 Å². The molecule has 0 bridgehead atoms. The summed E-state index contributed by atoms with van der Waals surface area (Å²) in [5.74, 6) is -1.95. The number of carbonyl (C=O) groups is 2. The van der Waals surface area contributed by atoms with Gasteiger partial charge >= 0.3 is 6.18 Å². The minimum Gasteiger partial charge on any atom is -0.340 e. The van der Waals surface area contributed by atoms with Gasteiger partial charge in [0.2, 0.25) is 5.91 Å². The average Bonchev–Trinajstić information content (AvgIpc) is 3.26. The Morgan fingerprint density at radius 3 is 2.44 bits per heavy atom. The van der Waals surface area contributed by atoms with E-state index in [2.05, 4.69) is 24.5 Å². The number of hydrogen-bond acceptors (Lipinski definition) is 5. The van der Waals surface area contributed by atoms with Crippen LogP contribution in [0.15, 0.2) is 53.4 Å². The molecule has 0 radical (unpaired) electrons. The maximum atomic E-state index is 13.4. The first-order valence-corrected chi connectivity index (χ1v) is 15.4. The highest BCUT2D eigenvalue weighted by molar-refractivity contribution is 7.91. The molecule has 2 fully saturated rings. The fourth-order valence-electron chi connectivity index (χ4n) is 5.69. The van der Waals surface area contributed by atoms with E-state index in [1.54, 1.807) is 4.90 Å². The van der Waals surface area contributed by atoms with Gasteiger partial charge in [-0.1, -0.05) is 19.9 Å². The summed E-state index contributed by atoms with van der Waals surface area (Å²) in [4.78, 5) is 27.8. The number of likely N-dealkylation sites (tertiary alicyclic amines) is 1. The van der Waals surface area contributed by atoms with Crippen LogP contribution in [-0.4, -0.2) is 62.1 Å². The predicted octanol–water partition coefficient (Wildman–Crippen LogP) is 4.43. The second-order valence-corrected chi connectivity index (χ2v) is 13.3. The number of halogens is 4. The molecule has 1 saturated carbocycles. The van der Waals surface area contributed by atoms with Crippen LogP contribution < -0.4 is 10.6 Å². The van der Waals surface area contributed by atoms with Crippen molar-refractivity contribution in [3.8, 4) is 0 Å². The molecule has 2 amide bonds. The normalized spacial score (nSPS) is 23.7. The summed E-state index contributed by atoms with van der Waals surface area (Å²) in [6, 6.07) is 7.40. The zero-order valence-electron chi connectivity index (χ0n) is 23.0. The van der Waals surface area contributed by atoms with Crippen molar-refractivity contribution in [3.05, 3.63) is 65.5 Å². The molecule has 0 aromatic heterocycles. The number of nitrogens with one attached hydrogen (secondary N) is 2. The lowest BCUT2D eigenvalue weighted by Crippen LogP contribution is -2.52. The SMILES string of the molecule is CC(C)CN[C@@H]1CC[C@H](N2CC[C@H](NC(=O)c3cccc(C(F)(F)F)c3)C2=O)[C@H](CS(=O)(=O)c2ccc(F)cc2)C1. The summed E-state index contributed by atoms with van der Waals surface area (Å²) in [6.07, 6.45) is -2.55. The zero-order valence-corrected chi connectivity index (χ0v) is 23.8. The van der Waals surface area contributed by atoms with E-state index in [9.17, 15) is 35.6 Å². The lowest BCUT2D eigenvalue weighted by molar-refractivity contribution is -0.137. The third-order valence-electron chi connectivity index (χ3n) is 7.76. The van der Waals surface area contributed by atoms with Crippen LogP contribution >= 0.6 is 0 Å². The molecule has 12 heteroatoms. The van der Waals surface area contributed by atoms with Crippen molar-refractivity contribution in [3.63, 3.8) is 0 Å². The molecule has 2 aromatic rings. The number of rotatable bonds is 9. The number of sulfone groups is 1. The molecular formula is C29H35F4N3O4S. The van der Waals surface area contributed by atoms with Crippen LogP contribution in [0, 0.1) is 17.7 Å². The molecule has 1 heterocycles. The maximum absolute atomic E-state index is 13.4. The molecule has 41 heavy (non-hydrogen) atoms. The molecule has 0 unspecified atom stereocenters. The van der Waals surface area contributed by atoms with Gasteiger partial charge in [0, 0.05) is 24.2 Å². The molecule has 1 aliphatic carbocycles. The number of carbonyl (C=O) groups excluding carboxylic acids is 2. The largest absolute Gasteiger partial charge is 0.416 e. The molecule has 2 N–H and O–H groups in total. The minimum atomic E-state index is -4.61. The Bertz CT molecular complexity index is 1350. The van der Waals surface area contributed by atoms with Gasteiger partial charge in [0.15, 0.2) is 9.84 Å². The molecule has 2 aliphatic rings. The Morgan fingerprint density at radius 1 is 1.07 bits per heavy atom. The average molecular weight is 598 g/mol. The van der Waals surface area contributed by atoms with Crippen LogP contribution in [0.25, 0.3) is 0 Å². The Balaban J connectivity index is 1.49. The third kappa shape index (κ3) is 7.65. The highest BCUT2D eigenvalue weighted by Gasteiger charge is 2.43. The van der Waals surface area contributed by atoms with Crippen molar-refractivity contribution in [2.75, 3.05) is 18.8 Å². The summed E-state index contributed by atoms with van der Waals surface area (Å²) in [6.45, 7) is 5.20. The van der Waals surface area contributed by atoms with E-state index in [0.717, 1.165) is 43.3 Å². The van der Waals surface area contributed by atoms with Gasteiger partial charge in [0.1, 0.15) is 11.9 Å². The number of benzene rings is 2. The Labute approximate surface area is 237 Å². The lowest BCUT2D eigenvalue weighted by atomic mass is 9.81. The van der Waals surface area contributed by atoms with Gasteiger partial charge in [-0.25, -0.2) is 12.8 Å². The van der Waals surface area contributed by atoms with Crippen LogP contribution in [0.3, 0.4) is 0 Å². The first kappa shape index (κ1) is 31.0. The van der Waals surface area contributed by atoms with E-state index in [4.69, 9.17) is 0 Å². The van der Waals surface area contributed by atoms with Crippen LogP contribution in [0.4, 0.5) is 17.6 Å². The lowest BCUT2D eigenvalue weighted by Gasteiger charge is -2.41. The smallest absolute Gasteiger partial charge is 0.340 e. The Kier molecular flexibility index (Phi) is 9.42. The molecule has 4 rings (SSSR count). The topological polar surface area (TPSA) is 95.6 Å². The Hall–Kier alpha value is -2.99. The second kappa shape index (κ2) is 12.5. The zero-order chi connectivity index (χ0) is 29.9. The fourth-order valence-corrected chi connectivity index (χ4v) is 7.35. The van der Waals surface area contributed by atoms with Gasteiger partial charge in [-0.3, -0.25) is 9.59 Å². The minimum absolute atomic E-state index is 0.00823. The number of alkyl halides is 3. The van der Waals surface area contributed by atoms with Gasteiger partial charge in [-0.05, 0) is 86.5 Å². The first-order chi connectivity index (χ1) is 19.2. The van der Waals surface area contributed by atoms with Gasteiger partial charge in [-0.2, -0.15) is 13.2 Å². The maximum Gasteiger partial charge on any atom is 0.416 e. The van der Waals surface area contributed by atoms with Crippen molar-refractivity contribution >= 4 is 21.7 Å². The molecule has 1 saturated heterocycles. The molecule has 2 aromatic carbocycles. The van der Waals surface area contributed by atoms with E-state index in [0.29, 0.717) is 18.8 Å². The molecule has 1 aliphatic heterocycles. The van der Waals surface area contributed by atoms with Gasteiger partial charge < -0.3 is 15.5 Å². The fraction of sp³-hybridized carbons (Fsp3) is 0.517. The summed E-state index contributed by atoms with van der Waals surface area (Å²) >= 11 is 0. The van der Waals surface area contributed by atoms with Crippen molar-refractivity contribution in [1.82, 2.24) is 15.5 Å². The van der Waals surface area contributed by atoms with E-state index in [-0.39, 0.29) is 41.1 Å². The number of nitrogens with zero attached hydrogens (tertiary/aromatic N) is 1. The highest BCUT2D eigenvalue weighted by Crippen LogP contribution is 2.34. The first-order valence-electron chi connectivity index (χ1n) is 13.7. The van der Waals surface area contributed by atoms with Crippen molar-refractivity contribution in [2.24, 2.45) is 11.8 Å². The highest BCUT2D eigenvalue weighted by atomic mass is 32.2. The van der Waals surface area contributed by atoms with E-state index < -0.39 is 51.3 Å². The van der Waals surface area contributed by atoms with Crippen LogP contribution in [-0.2, 0) is 20.8 Å². The third-order valence-corrected chi connectivity index (χ3v) is 9.62. The number of hydrogen-bond donors (Lipinski definition) is 2. The molecule has 224 valence electrons. The molecular weight excluding hydrogens is 562 g/mol. The summed E-state index contributed by atoms with van der Waals surface area (Å²) in [5, 5.41) is 6.05. The van der Waals surface area contributed by atoms with Crippen molar-refractivity contribution < 1.29 is 35.6 Å². The standard InChI is InChI=1S/C29H35F4N3O4S/c1-18(2)16-34-23-8-11-26(20(15-23)17-41(39,40)24-9-6-22(30)7-10-24)36-13-12-25(28(36)38)35-27(37)19-4-3-5-21(14-19)29(31,32)33/h3-7,9-10,14,18,20,23,25-26,34H,8,11-13,15-17H2,1-2H3,(H,35,37)/t20-,23+,25-,26-/m0/s1. The predicted molar refractivity (Wildman–Crippen MR) is 145 cm³/mol. The van der Waals surface area contributed by atoms with E-state index in [1.807, 2.05) is 0 Å². The van der Waals surface area contributed by atoms with Crippen molar-refractivity contribution in [2.45, 2.75) is 68.7 Å². The molecule has 0 spiro atoms. The number of amides is 2. The van der Waals surface area contributed by atoms with E-state index in [1.165, 1.54) is 18.2 Å². The summed E-state index contributed by atoms with van der Waals surface area (Å²) < 4.78 is 79.3. The monoisotopic (exact) mass is 597 g/mol. The molecule has 4 atom stereocenters. The van der Waals surface area contributed by atoms with Crippen LogP contribution in [0.1, 0.15) is 55.5 Å². The van der Waals surface area contributed by atoms with Gasteiger partial charge in [0.05, 0.1) is 16.2 Å². The molecule has 7 nitrogen and oxygen atoms in total. The van der Waals surface area contributed by atoms with Crippen LogP contribution in [0.2, 0.25) is 0 Å².